The second-order valence-corrected chi connectivity index (χ2v) is 6.60. The molecule has 0 aromatic heterocycles. The largest absolute Gasteiger partial charge is 0.376 e. The molecule has 4 nitrogen and oxygen atoms in total. The van der Waals surface area contributed by atoms with E-state index in [1.165, 1.54) is 12.1 Å². The summed E-state index contributed by atoms with van der Waals surface area (Å²) < 4.78 is 44.6. The minimum absolute atomic E-state index is 0.117. The van der Waals surface area contributed by atoms with Gasteiger partial charge in [-0.1, -0.05) is 12.2 Å². The highest BCUT2D eigenvalue weighted by Gasteiger charge is 2.15. The molecule has 0 aliphatic carbocycles. The molecule has 1 aromatic rings. The topological polar surface area (TPSA) is 55.4 Å². The van der Waals surface area contributed by atoms with Crippen molar-refractivity contribution in [2.75, 3.05) is 19.8 Å². The van der Waals surface area contributed by atoms with E-state index in [9.17, 15) is 12.8 Å². The summed E-state index contributed by atoms with van der Waals surface area (Å²) >= 11 is 2.96. The van der Waals surface area contributed by atoms with Crippen molar-refractivity contribution in [2.24, 2.45) is 0 Å². The molecule has 0 bridgehead atoms. The van der Waals surface area contributed by atoms with E-state index in [1.54, 1.807) is 0 Å². The highest BCUT2D eigenvalue weighted by atomic mass is 79.9. The first-order valence-corrected chi connectivity index (χ1v) is 7.77. The van der Waals surface area contributed by atoms with Gasteiger partial charge < -0.3 is 4.74 Å². The maximum absolute atomic E-state index is 13.3. The Morgan fingerprint density at radius 2 is 2.21 bits per heavy atom. The summed E-state index contributed by atoms with van der Waals surface area (Å²) in [5.74, 6) is -0.624. The summed E-state index contributed by atoms with van der Waals surface area (Å²) in [5, 5.41) is 0. The van der Waals surface area contributed by atoms with E-state index in [1.807, 2.05) is 6.92 Å². The lowest BCUT2D eigenvalue weighted by molar-refractivity contribution is 0.162. The second-order valence-electron chi connectivity index (χ2n) is 3.98. The summed E-state index contributed by atoms with van der Waals surface area (Å²) in [6, 6.07) is 3.63. The predicted molar refractivity (Wildman–Crippen MR) is 74.9 cm³/mol. The van der Waals surface area contributed by atoms with Gasteiger partial charge in [0.1, 0.15) is 5.82 Å². The average Bonchev–Trinajstić information content (AvgIpc) is 2.31. The third-order valence-electron chi connectivity index (χ3n) is 2.09. The summed E-state index contributed by atoms with van der Waals surface area (Å²) in [5.41, 5.74) is 0.859. The Hall–Kier alpha value is -0.760. The highest BCUT2D eigenvalue weighted by molar-refractivity contribution is 9.10. The first kappa shape index (κ1) is 16.3. The van der Waals surface area contributed by atoms with Crippen LogP contribution in [0.15, 0.2) is 39.7 Å². The number of sulfonamides is 1. The molecule has 0 radical (unpaired) electrons. The quantitative estimate of drug-likeness (QED) is 0.606. The number of halogens is 2. The predicted octanol–water partition coefficient (Wildman–Crippen LogP) is 2.46. The number of benzene rings is 1. The van der Waals surface area contributed by atoms with Gasteiger partial charge in [0.2, 0.25) is 10.0 Å². The molecule has 0 spiro atoms. The number of rotatable bonds is 7. The minimum atomic E-state index is -3.71. The first-order chi connectivity index (χ1) is 8.83. The van der Waals surface area contributed by atoms with Crippen LogP contribution in [0, 0.1) is 5.82 Å². The van der Waals surface area contributed by atoms with Gasteiger partial charge in [-0.3, -0.25) is 0 Å². The van der Waals surface area contributed by atoms with Crippen molar-refractivity contribution in [1.82, 2.24) is 4.72 Å². The second kappa shape index (κ2) is 7.14. The molecule has 0 unspecified atom stereocenters. The van der Waals surface area contributed by atoms with E-state index in [0.29, 0.717) is 6.61 Å². The molecule has 0 saturated carbocycles. The minimum Gasteiger partial charge on any atom is -0.376 e. The van der Waals surface area contributed by atoms with Crippen LogP contribution >= 0.6 is 15.9 Å². The fourth-order valence-corrected chi connectivity index (χ4v) is 2.49. The summed E-state index contributed by atoms with van der Waals surface area (Å²) in [4.78, 5) is -0.117. The van der Waals surface area contributed by atoms with Crippen LogP contribution in [0.1, 0.15) is 6.92 Å². The van der Waals surface area contributed by atoms with Crippen LogP contribution in [0.4, 0.5) is 4.39 Å². The van der Waals surface area contributed by atoms with Gasteiger partial charge in [0.05, 0.1) is 22.6 Å². The van der Waals surface area contributed by atoms with Crippen LogP contribution in [0.2, 0.25) is 0 Å². The van der Waals surface area contributed by atoms with E-state index in [0.717, 1.165) is 11.6 Å². The van der Waals surface area contributed by atoms with Crippen molar-refractivity contribution >= 4 is 26.0 Å². The van der Waals surface area contributed by atoms with E-state index < -0.39 is 15.8 Å². The molecular weight excluding hydrogens is 337 g/mol. The van der Waals surface area contributed by atoms with Crippen LogP contribution in [0.25, 0.3) is 0 Å². The maximum Gasteiger partial charge on any atom is 0.240 e. The van der Waals surface area contributed by atoms with E-state index in [4.69, 9.17) is 4.74 Å². The molecule has 7 heteroatoms. The van der Waals surface area contributed by atoms with Crippen LogP contribution in [0.3, 0.4) is 0 Å². The van der Waals surface area contributed by atoms with Gasteiger partial charge in [0.15, 0.2) is 0 Å². The number of hydrogen-bond acceptors (Lipinski definition) is 3. The lowest BCUT2D eigenvalue weighted by Crippen LogP contribution is -2.27. The molecule has 0 aliphatic heterocycles. The number of hydrogen-bond donors (Lipinski definition) is 1. The van der Waals surface area contributed by atoms with Crippen molar-refractivity contribution in [1.29, 1.82) is 0 Å². The van der Waals surface area contributed by atoms with Gasteiger partial charge in [-0.05, 0) is 41.1 Å². The standard InChI is InChI=1S/C12H15BrFNO3S/c1-9(2)8-18-6-5-15-19(16,17)10-3-4-11(13)12(14)7-10/h3-4,7,15H,1,5-6,8H2,2H3. The van der Waals surface area contributed by atoms with Crippen LogP contribution in [-0.2, 0) is 14.8 Å². The normalized spacial score (nSPS) is 11.5. The SMILES string of the molecule is C=C(C)COCCNS(=O)(=O)c1ccc(Br)c(F)c1. The third kappa shape index (κ3) is 5.40. The van der Waals surface area contributed by atoms with E-state index in [2.05, 4.69) is 27.2 Å². The van der Waals surface area contributed by atoms with Crippen LogP contribution in [-0.4, -0.2) is 28.2 Å². The van der Waals surface area contributed by atoms with Crippen molar-refractivity contribution in [3.05, 3.63) is 40.6 Å². The maximum atomic E-state index is 13.3. The molecular formula is C12H15BrFNO3S. The van der Waals surface area contributed by atoms with Crippen molar-refractivity contribution in [3.8, 4) is 0 Å². The van der Waals surface area contributed by atoms with Gasteiger partial charge in [0, 0.05) is 6.54 Å². The van der Waals surface area contributed by atoms with Crippen LogP contribution < -0.4 is 4.72 Å². The summed E-state index contributed by atoms with van der Waals surface area (Å²) in [7, 11) is -3.71. The Morgan fingerprint density at radius 3 is 2.79 bits per heavy atom. The molecule has 0 aliphatic rings. The van der Waals surface area contributed by atoms with Crippen molar-refractivity contribution < 1.29 is 17.5 Å². The molecule has 1 N–H and O–H groups in total. The van der Waals surface area contributed by atoms with E-state index in [-0.39, 0.29) is 22.5 Å². The van der Waals surface area contributed by atoms with Gasteiger partial charge in [0.25, 0.3) is 0 Å². The Labute approximate surface area is 120 Å². The molecule has 1 aromatic carbocycles. The fraction of sp³-hybridized carbons (Fsp3) is 0.333. The Kier molecular flexibility index (Phi) is 6.12. The lowest BCUT2D eigenvalue weighted by Gasteiger charge is -2.08. The van der Waals surface area contributed by atoms with E-state index >= 15 is 0 Å². The summed E-state index contributed by atoms with van der Waals surface area (Å²) in [6.45, 7) is 6.20. The third-order valence-corrected chi connectivity index (χ3v) is 4.19. The lowest BCUT2D eigenvalue weighted by atomic mass is 10.3. The molecule has 0 saturated heterocycles. The van der Waals surface area contributed by atoms with Crippen molar-refractivity contribution in [3.63, 3.8) is 0 Å². The van der Waals surface area contributed by atoms with Crippen LogP contribution in [0.5, 0.6) is 0 Å². The monoisotopic (exact) mass is 351 g/mol. The Bertz CT molecular complexity index is 560. The Morgan fingerprint density at radius 1 is 1.53 bits per heavy atom. The average molecular weight is 352 g/mol. The highest BCUT2D eigenvalue weighted by Crippen LogP contribution is 2.19. The first-order valence-electron chi connectivity index (χ1n) is 5.50. The zero-order valence-electron chi connectivity index (χ0n) is 10.4. The smallest absolute Gasteiger partial charge is 0.240 e. The molecule has 0 amide bonds. The molecule has 106 valence electrons. The molecule has 0 atom stereocenters. The van der Waals surface area contributed by atoms with Gasteiger partial charge in [-0.2, -0.15) is 0 Å². The summed E-state index contributed by atoms with van der Waals surface area (Å²) in [6.07, 6.45) is 0. The zero-order valence-corrected chi connectivity index (χ0v) is 12.9. The number of nitrogens with one attached hydrogen (secondary N) is 1. The molecule has 0 heterocycles. The zero-order chi connectivity index (χ0) is 14.5. The molecule has 19 heavy (non-hydrogen) atoms. The Balaban J connectivity index is 2.56. The number of ether oxygens (including phenoxy) is 1. The van der Waals surface area contributed by atoms with Gasteiger partial charge in [-0.15, -0.1) is 0 Å². The molecule has 1 rings (SSSR count). The van der Waals surface area contributed by atoms with Crippen molar-refractivity contribution in [2.45, 2.75) is 11.8 Å². The van der Waals surface area contributed by atoms with Gasteiger partial charge in [-0.25, -0.2) is 17.5 Å². The fourth-order valence-electron chi connectivity index (χ4n) is 1.22. The molecule has 0 fully saturated rings. The van der Waals surface area contributed by atoms with Gasteiger partial charge >= 0.3 is 0 Å².